The molecule has 2 rings (SSSR count). The lowest BCUT2D eigenvalue weighted by Crippen LogP contribution is -2.06. The van der Waals surface area contributed by atoms with E-state index in [-0.39, 0.29) is 5.69 Å². The minimum absolute atomic E-state index is 0.150. The summed E-state index contributed by atoms with van der Waals surface area (Å²) in [5, 5.41) is 0.507. The molecule has 0 radical (unpaired) electrons. The predicted molar refractivity (Wildman–Crippen MR) is 67.8 cm³/mol. The molecule has 6 heteroatoms. The summed E-state index contributed by atoms with van der Waals surface area (Å²) in [7, 11) is -1.68. The van der Waals surface area contributed by atoms with Crippen LogP contribution in [0, 0.1) is 11.6 Å². The van der Waals surface area contributed by atoms with Gasteiger partial charge in [-0.3, -0.25) is 4.72 Å². The van der Waals surface area contributed by atoms with Gasteiger partial charge in [-0.15, -0.1) is 0 Å². The Morgan fingerprint density at radius 1 is 1.06 bits per heavy atom. The molecular weight excluding hydrogens is 280 g/mol. The van der Waals surface area contributed by atoms with Crippen LogP contribution in [0.1, 0.15) is 0 Å². The van der Waals surface area contributed by atoms with Crippen molar-refractivity contribution < 1.29 is 13.0 Å². The van der Waals surface area contributed by atoms with Crippen LogP contribution < -0.4 is 4.72 Å². The Balaban J connectivity index is 2.21. The van der Waals surface area contributed by atoms with Crippen LogP contribution in [0.4, 0.5) is 14.5 Å². The topological polar surface area (TPSA) is 29.1 Å². The lowest BCUT2D eigenvalue weighted by Gasteiger charge is -2.07. The Labute approximate surface area is 110 Å². The second-order valence-electron chi connectivity index (χ2n) is 3.45. The first-order valence-electron chi connectivity index (χ1n) is 4.95. The molecule has 0 fully saturated rings. The molecule has 2 aromatic rings. The molecule has 1 N–H and O–H groups in total. The van der Waals surface area contributed by atoms with Gasteiger partial charge in [-0.05, 0) is 36.4 Å². The zero-order chi connectivity index (χ0) is 13.1. The fourth-order valence-corrected chi connectivity index (χ4v) is 2.28. The van der Waals surface area contributed by atoms with Gasteiger partial charge in [0.1, 0.15) is 22.6 Å². The van der Waals surface area contributed by atoms with Gasteiger partial charge in [0.2, 0.25) is 0 Å². The fourth-order valence-electron chi connectivity index (χ4n) is 1.29. The first-order valence-corrected chi connectivity index (χ1v) is 6.48. The van der Waals surface area contributed by atoms with E-state index in [1.807, 2.05) is 0 Å². The summed E-state index contributed by atoms with van der Waals surface area (Å²) >= 11 is 5.69. The molecular formula is C12H8ClF2NOS. The molecule has 0 aromatic heterocycles. The summed E-state index contributed by atoms with van der Waals surface area (Å²) in [5.41, 5.74) is -0.150. The van der Waals surface area contributed by atoms with Gasteiger partial charge in [0.05, 0.1) is 10.6 Å². The maximum absolute atomic E-state index is 13.3. The molecule has 0 bridgehead atoms. The van der Waals surface area contributed by atoms with Crippen LogP contribution in [0.3, 0.4) is 0 Å². The summed E-state index contributed by atoms with van der Waals surface area (Å²) in [6.07, 6.45) is 0. The number of anilines is 1. The van der Waals surface area contributed by atoms with Gasteiger partial charge in [0, 0.05) is 11.1 Å². The average Bonchev–Trinajstić information content (AvgIpc) is 2.34. The molecule has 94 valence electrons. The largest absolute Gasteiger partial charge is 0.298 e. The second-order valence-corrected chi connectivity index (χ2v) is 5.10. The third kappa shape index (κ3) is 3.05. The quantitative estimate of drug-likeness (QED) is 0.915. The Morgan fingerprint density at radius 3 is 2.39 bits per heavy atom. The van der Waals surface area contributed by atoms with Crippen molar-refractivity contribution >= 4 is 28.3 Å². The van der Waals surface area contributed by atoms with Crippen molar-refractivity contribution in [2.24, 2.45) is 0 Å². The van der Waals surface area contributed by atoms with E-state index in [0.29, 0.717) is 9.92 Å². The summed E-state index contributed by atoms with van der Waals surface area (Å²) in [6.45, 7) is 0. The van der Waals surface area contributed by atoms with Crippen molar-refractivity contribution in [3.63, 3.8) is 0 Å². The standard InChI is InChI=1S/C12H8ClF2NOS/c13-8-1-4-10(5-2-8)18(17)16-12-7-9(14)3-6-11(12)15/h1-7,16H. The second kappa shape index (κ2) is 5.46. The molecule has 2 nitrogen and oxygen atoms in total. The van der Waals surface area contributed by atoms with E-state index in [9.17, 15) is 13.0 Å². The molecule has 0 aliphatic rings. The average molecular weight is 288 g/mol. The molecule has 2 aromatic carbocycles. The Bertz CT molecular complexity index is 589. The van der Waals surface area contributed by atoms with E-state index < -0.39 is 22.6 Å². The highest BCUT2D eigenvalue weighted by Gasteiger charge is 2.08. The van der Waals surface area contributed by atoms with Crippen molar-refractivity contribution in [2.75, 3.05) is 4.72 Å². The highest BCUT2D eigenvalue weighted by molar-refractivity contribution is 7.86. The van der Waals surface area contributed by atoms with E-state index in [1.165, 1.54) is 0 Å². The molecule has 0 heterocycles. The normalized spacial score (nSPS) is 12.2. The van der Waals surface area contributed by atoms with E-state index in [0.717, 1.165) is 18.2 Å². The van der Waals surface area contributed by atoms with Gasteiger partial charge in [0.25, 0.3) is 0 Å². The summed E-state index contributed by atoms with van der Waals surface area (Å²) in [4.78, 5) is 0.420. The highest BCUT2D eigenvalue weighted by atomic mass is 35.5. The van der Waals surface area contributed by atoms with Crippen LogP contribution in [-0.2, 0) is 11.0 Å². The van der Waals surface area contributed by atoms with Crippen LogP contribution in [0.15, 0.2) is 47.4 Å². The Kier molecular flexibility index (Phi) is 3.93. The van der Waals surface area contributed by atoms with Crippen LogP contribution in [0.2, 0.25) is 5.02 Å². The van der Waals surface area contributed by atoms with Crippen molar-refractivity contribution in [3.05, 3.63) is 59.1 Å². The molecule has 0 aliphatic carbocycles. The molecule has 18 heavy (non-hydrogen) atoms. The highest BCUT2D eigenvalue weighted by Crippen LogP contribution is 2.19. The van der Waals surface area contributed by atoms with E-state index in [2.05, 4.69) is 4.72 Å². The van der Waals surface area contributed by atoms with E-state index in [4.69, 9.17) is 11.6 Å². The van der Waals surface area contributed by atoms with E-state index in [1.54, 1.807) is 24.3 Å². The third-order valence-corrected chi connectivity index (χ3v) is 3.52. The first-order chi connectivity index (χ1) is 8.56. The number of benzene rings is 2. The number of halogens is 3. The molecule has 0 aliphatic heterocycles. The molecule has 0 spiro atoms. The van der Waals surface area contributed by atoms with Crippen LogP contribution in [0.5, 0.6) is 0 Å². The van der Waals surface area contributed by atoms with Crippen molar-refractivity contribution in [3.8, 4) is 0 Å². The Morgan fingerprint density at radius 2 is 1.72 bits per heavy atom. The van der Waals surface area contributed by atoms with Gasteiger partial charge in [-0.1, -0.05) is 11.6 Å². The molecule has 0 saturated heterocycles. The smallest absolute Gasteiger partial charge is 0.150 e. The third-order valence-electron chi connectivity index (χ3n) is 2.16. The van der Waals surface area contributed by atoms with Crippen molar-refractivity contribution in [2.45, 2.75) is 4.90 Å². The lowest BCUT2D eigenvalue weighted by atomic mass is 10.3. The maximum Gasteiger partial charge on any atom is 0.150 e. The van der Waals surface area contributed by atoms with Gasteiger partial charge in [-0.25, -0.2) is 13.0 Å². The van der Waals surface area contributed by atoms with Gasteiger partial charge >= 0.3 is 0 Å². The number of nitrogens with one attached hydrogen (secondary N) is 1. The van der Waals surface area contributed by atoms with Crippen LogP contribution in [0.25, 0.3) is 0 Å². The molecule has 0 amide bonds. The van der Waals surface area contributed by atoms with Gasteiger partial charge in [0.15, 0.2) is 0 Å². The van der Waals surface area contributed by atoms with Crippen LogP contribution >= 0.6 is 11.6 Å². The van der Waals surface area contributed by atoms with Crippen molar-refractivity contribution in [1.82, 2.24) is 0 Å². The first kappa shape index (κ1) is 13.0. The minimum Gasteiger partial charge on any atom is -0.298 e. The zero-order valence-electron chi connectivity index (χ0n) is 8.99. The number of hydrogen-bond acceptors (Lipinski definition) is 1. The van der Waals surface area contributed by atoms with Crippen molar-refractivity contribution in [1.29, 1.82) is 0 Å². The summed E-state index contributed by atoms with van der Waals surface area (Å²) < 4.78 is 40.5. The van der Waals surface area contributed by atoms with Gasteiger partial charge < -0.3 is 0 Å². The Hall–Kier alpha value is -1.46. The maximum atomic E-state index is 13.3. The van der Waals surface area contributed by atoms with E-state index >= 15 is 0 Å². The molecule has 1 unspecified atom stereocenters. The SMILES string of the molecule is O=S(Nc1cc(F)ccc1F)c1ccc(Cl)cc1. The number of hydrogen-bond donors (Lipinski definition) is 1. The van der Waals surface area contributed by atoms with Crippen LogP contribution in [-0.4, -0.2) is 4.21 Å². The molecule has 1 atom stereocenters. The van der Waals surface area contributed by atoms with Gasteiger partial charge in [-0.2, -0.15) is 0 Å². The summed E-state index contributed by atoms with van der Waals surface area (Å²) in [5.74, 6) is -1.27. The fraction of sp³-hybridized carbons (Fsp3) is 0. The summed E-state index contributed by atoms with van der Waals surface area (Å²) in [6, 6.07) is 9.13. The predicted octanol–water partition coefficient (Wildman–Crippen LogP) is 3.75. The minimum atomic E-state index is -1.68. The molecule has 0 saturated carbocycles. The zero-order valence-corrected chi connectivity index (χ0v) is 10.6. The number of rotatable bonds is 3. The lowest BCUT2D eigenvalue weighted by molar-refractivity contribution is 0.604. The monoisotopic (exact) mass is 287 g/mol.